The zero-order valence-corrected chi connectivity index (χ0v) is 24.8. The van der Waals surface area contributed by atoms with Crippen LogP contribution in [-0.4, -0.2) is 45.5 Å². The van der Waals surface area contributed by atoms with E-state index >= 15 is 0 Å². The largest absolute Gasteiger partial charge is 0.444 e. The summed E-state index contributed by atoms with van der Waals surface area (Å²) >= 11 is 0. The number of nitrogens with zero attached hydrogens (tertiary/aromatic N) is 1. The van der Waals surface area contributed by atoms with Crippen molar-refractivity contribution in [1.82, 2.24) is 15.5 Å². The third-order valence-corrected chi connectivity index (χ3v) is 5.93. The number of ether oxygens (including phenoxy) is 1. The van der Waals surface area contributed by atoms with Crippen molar-refractivity contribution < 1.29 is 19.1 Å². The first-order valence-corrected chi connectivity index (χ1v) is 12.9. The molecule has 3 amide bonds. The molecule has 0 spiro atoms. The molecule has 0 fully saturated rings. The summed E-state index contributed by atoms with van der Waals surface area (Å²) in [5.74, 6) is -0.762. The standard InChI is InChI=1S/C29H49N3O4/c1-14-18(2)22(30-26(35)36-29(11,12)13)25(34)32(28(8,9)10)23(24(33)31-27(5,6)7)21-19(3)16-15-17-20(21)4/h15-18,22-23H,14H2,1-13H3,(H,30,35)(H,31,33). The molecule has 0 aliphatic rings. The minimum atomic E-state index is -0.884. The number of carbonyl (C=O) groups excluding carboxylic acids is 3. The Morgan fingerprint density at radius 1 is 0.944 bits per heavy atom. The molecule has 3 unspecified atom stereocenters. The van der Waals surface area contributed by atoms with E-state index in [-0.39, 0.29) is 17.7 Å². The highest BCUT2D eigenvalue weighted by Crippen LogP contribution is 2.35. The van der Waals surface area contributed by atoms with E-state index in [1.165, 1.54) is 0 Å². The highest BCUT2D eigenvalue weighted by atomic mass is 16.6. The first-order chi connectivity index (χ1) is 16.2. The molecule has 0 heterocycles. The molecule has 1 aromatic carbocycles. The van der Waals surface area contributed by atoms with Gasteiger partial charge in [0.25, 0.3) is 0 Å². The van der Waals surface area contributed by atoms with Crippen LogP contribution in [0.4, 0.5) is 4.79 Å². The van der Waals surface area contributed by atoms with Crippen LogP contribution in [0.15, 0.2) is 18.2 Å². The van der Waals surface area contributed by atoms with Crippen molar-refractivity contribution in [1.29, 1.82) is 0 Å². The summed E-state index contributed by atoms with van der Waals surface area (Å²) in [6, 6.07) is 4.11. The van der Waals surface area contributed by atoms with Crippen molar-refractivity contribution >= 4 is 17.9 Å². The molecule has 0 aliphatic carbocycles. The van der Waals surface area contributed by atoms with Gasteiger partial charge in [0.1, 0.15) is 17.7 Å². The lowest BCUT2D eigenvalue weighted by Crippen LogP contribution is -2.61. The van der Waals surface area contributed by atoms with Crippen molar-refractivity contribution in [3.8, 4) is 0 Å². The number of hydrogen-bond acceptors (Lipinski definition) is 4. The highest BCUT2D eigenvalue weighted by Gasteiger charge is 2.44. The molecule has 0 radical (unpaired) electrons. The van der Waals surface area contributed by atoms with Gasteiger partial charge in [0.05, 0.1) is 0 Å². The van der Waals surface area contributed by atoms with Gasteiger partial charge in [-0.3, -0.25) is 9.59 Å². The van der Waals surface area contributed by atoms with Crippen LogP contribution in [0.2, 0.25) is 0 Å². The second-order valence-electron chi connectivity index (χ2n) is 12.8. The maximum absolute atomic E-state index is 14.4. The Morgan fingerprint density at radius 2 is 1.44 bits per heavy atom. The Balaban J connectivity index is 3.75. The molecule has 1 aromatic rings. The van der Waals surface area contributed by atoms with Crippen molar-refractivity contribution in [3.05, 3.63) is 34.9 Å². The normalized spacial score (nSPS) is 14.9. The van der Waals surface area contributed by atoms with E-state index < -0.39 is 34.9 Å². The molecule has 7 nitrogen and oxygen atoms in total. The molecule has 2 N–H and O–H groups in total. The number of hydrogen-bond donors (Lipinski definition) is 2. The number of carbonyl (C=O) groups is 3. The van der Waals surface area contributed by atoms with Gasteiger partial charge in [-0.25, -0.2) is 4.79 Å². The van der Waals surface area contributed by atoms with E-state index in [4.69, 9.17) is 4.74 Å². The lowest BCUT2D eigenvalue weighted by atomic mass is 9.88. The van der Waals surface area contributed by atoms with E-state index in [1.54, 1.807) is 25.7 Å². The molecular formula is C29H49N3O4. The van der Waals surface area contributed by atoms with Crippen LogP contribution in [0.25, 0.3) is 0 Å². The minimum Gasteiger partial charge on any atom is -0.444 e. The van der Waals surface area contributed by atoms with Gasteiger partial charge in [0.15, 0.2) is 0 Å². The van der Waals surface area contributed by atoms with E-state index in [2.05, 4.69) is 10.6 Å². The van der Waals surface area contributed by atoms with E-state index in [9.17, 15) is 14.4 Å². The SMILES string of the molecule is CCC(C)C(NC(=O)OC(C)(C)C)C(=O)N(C(C(=O)NC(C)(C)C)c1c(C)cccc1C)C(C)(C)C. The molecule has 0 aromatic heterocycles. The first kappa shape index (κ1) is 31.5. The Hall–Kier alpha value is -2.57. The molecule has 0 aliphatic heterocycles. The summed E-state index contributed by atoms with van der Waals surface area (Å²) in [6.45, 7) is 24.6. The first-order valence-electron chi connectivity index (χ1n) is 12.9. The fourth-order valence-electron chi connectivity index (χ4n) is 4.19. The molecule has 204 valence electrons. The topological polar surface area (TPSA) is 87.7 Å². The Labute approximate surface area is 218 Å². The summed E-state index contributed by atoms with van der Waals surface area (Å²) in [5, 5.41) is 5.90. The maximum Gasteiger partial charge on any atom is 0.408 e. The van der Waals surface area contributed by atoms with Crippen LogP contribution in [-0.2, 0) is 14.3 Å². The number of aryl methyl sites for hydroxylation is 2. The van der Waals surface area contributed by atoms with Crippen LogP contribution >= 0.6 is 0 Å². The van der Waals surface area contributed by atoms with Gasteiger partial charge < -0.3 is 20.3 Å². The zero-order chi connectivity index (χ0) is 28.2. The third kappa shape index (κ3) is 8.82. The van der Waals surface area contributed by atoms with E-state index in [0.29, 0.717) is 6.42 Å². The Bertz CT molecular complexity index is 915. The second-order valence-corrected chi connectivity index (χ2v) is 12.8. The van der Waals surface area contributed by atoms with Crippen LogP contribution in [0.1, 0.15) is 105 Å². The number of amides is 3. The Kier molecular flexibility index (Phi) is 10.2. The number of nitrogens with one attached hydrogen (secondary N) is 2. The minimum absolute atomic E-state index is 0.181. The Morgan fingerprint density at radius 3 is 1.83 bits per heavy atom. The van der Waals surface area contributed by atoms with Crippen LogP contribution < -0.4 is 10.6 Å². The molecule has 0 bridgehead atoms. The molecular weight excluding hydrogens is 454 g/mol. The summed E-state index contributed by atoms with van der Waals surface area (Å²) < 4.78 is 5.47. The van der Waals surface area contributed by atoms with Crippen molar-refractivity contribution in [2.75, 3.05) is 0 Å². The average molecular weight is 504 g/mol. The van der Waals surface area contributed by atoms with Gasteiger partial charge in [-0.1, -0.05) is 38.5 Å². The predicted molar refractivity (Wildman–Crippen MR) is 146 cm³/mol. The number of alkyl carbamates (subject to hydrolysis) is 1. The lowest BCUT2D eigenvalue weighted by Gasteiger charge is -2.45. The quantitative estimate of drug-likeness (QED) is 0.490. The summed E-state index contributed by atoms with van der Waals surface area (Å²) in [4.78, 5) is 42.7. The smallest absolute Gasteiger partial charge is 0.408 e. The molecule has 0 saturated heterocycles. The summed E-state index contributed by atoms with van der Waals surface area (Å²) in [5.41, 5.74) is 0.709. The molecule has 7 heteroatoms. The molecule has 1 rings (SSSR count). The van der Waals surface area contributed by atoms with Gasteiger partial charge in [-0.2, -0.15) is 0 Å². The molecule has 0 saturated carbocycles. The molecule has 3 atom stereocenters. The predicted octanol–water partition coefficient (Wildman–Crippen LogP) is 5.83. The fraction of sp³-hybridized carbons (Fsp3) is 0.690. The molecule has 36 heavy (non-hydrogen) atoms. The maximum atomic E-state index is 14.4. The van der Waals surface area contributed by atoms with Crippen LogP contribution in [0.5, 0.6) is 0 Å². The van der Waals surface area contributed by atoms with Gasteiger partial charge in [-0.05, 0) is 98.8 Å². The van der Waals surface area contributed by atoms with Gasteiger partial charge in [0, 0.05) is 11.1 Å². The van der Waals surface area contributed by atoms with Crippen LogP contribution in [0, 0.1) is 19.8 Å². The second kappa shape index (κ2) is 11.7. The summed E-state index contributed by atoms with van der Waals surface area (Å²) in [6.07, 6.45) is 0.00432. The van der Waals surface area contributed by atoms with Crippen LogP contribution in [0.3, 0.4) is 0 Å². The third-order valence-electron chi connectivity index (χ3n) is 5.93. The average Bonchev–Trinajstić information content (AvgIpc) is 2.66. The van der Waals surface area contributed by atoms with Gasteiger partial charge >= 0.3 is 6.09 Å². The lowest BCUT2D eigenvalue weighted by molar-refractivity contribution is -0.150. The van der Waals surface area contributed by atoms with E-state index in [0.717, 1.165) is 16.7 Å². The van der Waals surface area contributed by atoms with Crippen molar-refractivity contribution in [2.45, 2.75) is 125 Å². The highest BCUT2D eigenvalue weighted by molar-refractivity contribution is 5.93. The van der Waals surface area contributed by atoms with Gasteiger partial charge in [0.2, 0.25) is 11.8 Å². The number of benzene rings is 1. The monoisotopic (exact) mass is 503 g/mol. The van der Waals surface area contributed by atoms with Crippen molar-refractivity contribution in [3.63, 3.8) is 0 Å². The summed E-state index contributed by atoms with van der Waals surface area (Å²) in [7, 11) is 0. The van der Waals surface area contributed by atoms with Crippen molar-refractivity contribution in [2.24, 2.45) is 5.92 Å². The van der Waals surface area contributed by atoms with Gasteiger partial charge in [-0.15, -0.1) is 0 Å². The number of rotatable bonds is 7. The van der Waals surface area contributed by atoms with E-state index in [1.807, 2.05) is 87.4 Å². The fourth-order valence-corrected chi connectivity index (χ4v) is 4.19. The zero-order valence-electron chi connectivity index (χ0n) is 24.8.